The molecule has 0 aliphatic carbocycles. The molecule has 0 saturated carbocycles. The van der Waals surface area contributed by atoms with Gasteiger partial charge in [-0.15, -0.1) is 0 Å². The highest BCUT2D eigenvalue weighted by atomic mass is 79.9. The van der Waals surface area contributed by atoms with Crippen molar-refractivity contribution < 1.29 is 28.5 Å². The van der Waals surface area contributed by atoms with E-state index in [4.69, 9.17) is 18.9 Å². The Morgan fingerprint density at radius 2 is 1.69 bits per heavy atom. The molecule has 9 nitrogen and oxygen atoms in total. The van der Waals surface area contributed by atoms with Crippen molar-refractivity contribution >= 4 is 39.6 Å². The van der Waals surface area contributed by atoms with Crippen molar-refractivity contribution in [2.75, 3.05) is 32.2 Å². The van der Waals surface area contributed by atoms with Gasteiger partial charge in [-0.1, -0.05) is 34.1 Å². The van der Waals surface area contributed by atoms with Gasteiger partial charge in [0.1, 0.15) is 11.5 Å². The van der Waals surface area contributed by atoms with E-state index >= 15 is 0 Å². The van der Waals surface area contributed by atoms with Crippen LogP contribution in [-0.4, -0.2) is 45.0 Å². The van der Waals surface area contributed by atoms with E-state index in [1.165, 1.54) is 13.3 Å². The minimum absolute atomic E-state index is 0.179. The Hall–Kier alpha value is -4.05. The summed E-state index contributed by atoms with van der Waals surface area (Å²) < 4.78 is 22.8. The molecule has 3 rings (SSSR count). The minimum atomic E-state index is -0.405. The van der Waals surface area contributed by atoms with Gasteiger partial charge < -0.3 is 24.3 Å². The van der Waals surface area contributed by atoms with Gasteiger partial charge in [0, 0.05) is 4.47 Å². The molecule has 3 aromatic rings. The largest absolute Gasteiger partial charge is 0.495 e. The maximum atomic E-state index is 12.3. The summed E-state index contributed by atoms with van der Waals surface area (Å²) in [7, 11) is 1.53. The van der Waals surface area contributed by atoms with Crippen LogP contribution in [0.5, 0.6) is 23.0 Å². The summed E-state index contributed by atoms with van der Waals surface area (Å²) in [5.41, 5.74) is 3.63. The van der Waals surface area contributed by atoms with Crippen molar-refractivity contribution in [1.29, 1.82) is 0 Å². The van der Waals surface area contributed by atoms with Crippen molar-refractivity contribution in [3.63, 3.8) is 0 Å². The number of hydrazone groups is 1. The summed E-state index contributed by atoms with van der Waals surface area (Å²) in [5, 5.41) is 6.71. The third-order valence-corrected chi connectivity index (χ3v) is 5.07. The molecular formula is C26H26BrN3O6. The molecule has 2 N–H and O–H groups in total. The van der Waals surface area contributed by atoms with E-state index in [0.29, 0.717) is 40.9 Å². The van der Waals surface area contributed by atoms with Crippen LogP contribution in [0.1, 0.15) is 12.5 Å². The van der Waals surface area contributed by atoms with Crippen molar-refractivity contribution in [1.82, 2.24) is 5.43 Å². The fourth-order valence-corrected chi connectivity index (χ4v) is 3.36. The van der Waals surface area contributed by atoms with Gasteiger partial charge >= 0.3 is 0 Å². The summed E-state index contributed by atoms with van der Waals surface area (Å²) in [6.45, 7) is 1.83. The summed E-state index contributed by atoms with van der Waals surface area (Å²) in [5.74, 6) is 1.21. The number of carbonyl (C=O) groups is 2. The molecule has 2 amide bonds. The number of amides is 2. The first-order chi connectivity index (χ1) is 17.5. The van der Waals surface area contributed by atoms with Crippen LogP contribution in [0.4, 0.5) is 5.69 Å². The molecular weight excluding hydrogens is 530 g/mol. The van der Waals surface area contributed by atoms with Crippen LogP contribution in [0.15, 0.2) is 76.3 Å². The number of carbonyl (C=O) groups excluding carboxylic acids is 2. The molecule has 0 radical (unpaired) electrons. The van der Waals surface area contributed by atoms with Crippen molar-refractivity contribution in [2.24, 2.45) is 5.10 Å². The number of nitrogens with one attached hydrogen (secondary N) is 2. The van der Waals surface area contributed by atoms with Crippen LogP contribution < -0.4 is 29.7 Å². The lowest BCUT2D eigenvalue weighted by Crippen LogP contribution is -2.24. The second kappa shape index (κ2) is 13.7. The number of anilines is 1. The smallest absolute Gasteiger partial charge is 0.277 e. The zero-order valence-corrected chi connectivity index (χ0v) is 21.4. The minimum Gasteiger partial charge on any atom is -0.495 e. The Bertz CT molecular complexity index is 1220. The molecule has 36 heavy (non-hydrogen) atoms. The predicted molar refractivity (Wildman–Crippen MR) is 140 cm³/mol. The first-order valence-electron chi connectivity index (χ1n) is 11.0. The van der Waals surface area contributed by atoms with Crippen LogP contribution in [-0.2, 0) is 9.59 Å². The number of methoxy groups -OCH3 is 1. The molecule has 0 aliphatic heterocycles. The Kier molecular flexibility index (Phi) is 10.1. The van der Waals surface area contributed by atoms with Crippen LogP contribution in [0.3, 0.4) is 0 Å². The van der Waals surface area contributed by atoms with Crippen LogP contribution in [0, 0.1) is 0 Å². The molecule has 3 aromatic carbocycles. The summed E-state index contributed by atoms with van der Waals surface area (Å²) in [4.78, 5) is 24.3. The van der Waals surface area contributed by atoms with Gasteiger partial charge in [-0.3, -0.25) is 9.59 Å². The number of hydrogen-bond donors (Lipinski definition) is 2. The second-order valence-corrected chi connectivity index (χ2v) is 8.13. The fraction of sp³-hybridized carbons (Fsp3) is 0.192. The van der Waals surface area contributed by atoms with E-state index in [1.807, 2.05) is 25.1 Å². The van der Waals surface area contributed by atoms with Gasteiger partial charge in [-0.05, 0) is 61.0 Å². The summed E-state index contributed by atoms with van der Waals surface area (Å²) in [6.07, 6.45) is 1.47. The van der Waals surface area contributed by atoms with Gasteiger partial charge in [-0.25, -0.2) is 5.43 Å². The molecule has 0 spiro atoms. The normalized spacial score (nSPS) is 10.5. The summed E-state index contributed by atoms with van der Waals surface area (Å²) >= 11 is 3.35. The zero-order valence-electron chi connectivity index (χ0n) is 19.8. The number of para-hydroxylation sites is 2. The Morgan fingerprint density at radius 1 is 0.889 bits per heavy atom. The zero-order chi connectivity index (χ0) is 25.8. The van der Waals surface area contributed by atoms with E-state index in [-0.39, 0.29) is 19.1 Å². The third-order valence-electron chi connectivity index (χ3n) is 4.58. The summed E-state index contributed by atoms with van der Waals surface area (Å²) in [6, 6.07) is 19.4. The fourth-order valence-electron chi connectivity index (χ4n) is 2.99. The van der Waals surface area contributed by atoms with E-state index in [1.54, 1.807) is 48.5 Å². The Morgan fingerprint density at radius 3 is 2.47 bits per heavy atom. The molecule has 0 bridgehead atoms. The SMILES string of the molecule is CCOc1cc(/C=N/NC(=O)COc2cccc(Br)c2)ccc1OCC(=O)Nc1ccccc1OC. The monoisotopic (exact) mass is 555 g/mol. The van der Waals surface area contributed by atoms with E-state index in [2.05, 4.69) is 31.8 Å². The molecule has 188 valence electrons. The molecule has 10 heteroatoms. The average Bonchev–Trinajstić information content (AvgIpc) is 2.87. The average molecular weight is 556 g/mol. The highest BCUT2D eigenvalue weighted by molar-refractivity contribution is 9.10. The van der Waals surface area contributed by atoms with Crippen LogP contribution >= 0.6 is 15.9 Å². The molecule has 0 fully saturated rings. The number of benzene rings is 3. The van der Waals surface area contributed by atoms with Crippen LogP contribution in [0.25, 0.3) is 0 Å². The number of nitrogens with zero attached hydrogens (tertiary/aromatic N) is 1. The lowest BCUT2D eigenvalue weighted by Gasteiger charge is -2.13. The maximum Gasteiger partial charge on any atom is 0.277 e. The first kappa shape index (κ1) is 26.6. The number of rotatable bonds is 12. The molecule has 0 unspecified atom stereocenters. The number of halogens is 1. The molecule has 0 aromatic heterocycles. The molecule has 0 heterocycles. The first-order valence-corrected chi connectivity index (χ1v) is 11.8. The van der Waals surface area contributed by atoms with Crippen molar-refractivity contribution in [3.05, 3.63) is 76.8 Å². The second-order valence-electron chi connectivity index (χ2n) is 7.22. The maximum absolute atomic E-state index is 12.3. The Balaban J connectivity index is 1.53. The molecule has 0 saturated heterocycles. The van der Waals surface area contributed by atoms with Gasteiger partial charge in [-0.2, -0.15) is 5.10 Å². The lowest BCUT2D eigenvalue weighted by molar-refractivity contribution is -0.123. The van der Waals surface area contributed by atoms with E-state index < -0.39 is 5.91 Å². The Labute approximate surface area is 217 Å². The van der Waals surface area contributed by atoms with Gasteiger partial charge in [0.15, 0.2) is 24.7 Å². The standard InChI is InChI=1S/C26H26BrN3O6/c1-3-34-24-13-18(15-28-30-26(32)17-35-20-8-6-7-19(27)14-20)11-12-23(24)36-16-25(31)29-21-9-4-5-10-22(21)33-2/h4-15H,3,16-17H2,1-2H3,(H,29,31)(H,30,32)/b28-15+. The van der Waals surface area contributed by atoms with E-state index in [9.17, 15) is 9.59 Å². The quantitative estimate of drug-likeness (QED) is 0.253. The molecule has 0 atom stereocenters. The van der Waals surface area contributed by atoms with Gasteiger partial charge in [0.25, 0.3) is 11.8 Å². The van der Waals surface area contributed by atoms with Gasteiger partial charge in [0.05, 0.1) is 25.6 Å². The van der Waals surface area contributed by atoms with Crippen molar-refractivity contribution in [2.45, 2.75) is 6.92 Å². The third kappa shape index (κ3) is 8.31. The topological polar surface area (TPSA) is 107 Å². The highest BCUT2D eigenvalue weighted by Gasteiger charge is 2.11. The predicted octanol–water partition coefficient (Wildman–Crippen LogP) is 4.40. The number of ether oxygens (including phenoxy) is 4. The lowest BCUT2D eigenvalue weighted by atomic mass is 10.2. The highest BCUT2D eigenvalue weighted by Crippen LogP contribution is 2.28. The van der Waals surface area contributed by atoms with Gasteiger partial charge in [0.2, 0.25) is 0 Å². The number of hydrogen-bond acceptors (Lipinski definition) is 7. The molecule has 0 aliphatic rings. The van der Waals surface area contributed by atoms with Crippen molar-refractivity contribution in [3.8, 4) is 23.0 Å². The van der Waals surface area contributed by atoms with Crippen LogP contribution in [0.2, 0.25) is 0 Å². The van der Waals surface area contributed by atoms with E-state index in [0.717, 1.165) is 4.47 Å².